The Labute approximate surface area is 90.3 Å². The van der Waals surface area contributed by atoms with Crippen LogP contribution in [0.5, 0.6) is 0 Å². The summed E-state index contributed by atoms with van der Waals surface area (Å²) in [6, 6.07) is 0. The summed E-state index contributed by atoms with van der Waals surface area (Å²) in [5.41, 5.74) is 0.660. The third-order valence-electron chi connectivity index (χ3n) is 2.94. The van der Waals surface area contributed by atoms with Gasteiger partial charge in [0.05, 0.1) is 11.3 Å². The summed E-state index contributed by atoms with van der Waals surface area (Å²) in [6.45, 7) is 7.13. The van der Waals surface area contributed by atoms with Gasteiger partial charge in [-0.1, -0.05) is 26.0 Å². The molecule has 0 atom stereocenters. The summed E-state index contributed by atoms with van der Waals surface area (Å²) in [4.78, 5) is 0. The minimum Gasteiger partial charge on any atom is -0.390 e. The lowest BCUT2D eigenvalue weighted by Crippen LogP contribution is -2.12. The zero-order valence-corrected chi connectivity index (χ0v) is 9.69. The van der Waals surface area contributed by atoms with E-state index in [4.69, 9.17) is 0 Å². The standard InChI is InChI=1S/C11H19N3O/c1-10(2,3)9-8-14(13-12-9)7-6-11(15)4-5-11/h8,15H,4-7H2,1-3H3. The van der Waals surface area contributed by atoms with E-state index < -0.39 is 5.60 Å². The fourth-order valence-electron chi connectivity index (χ4n) is 1.47. The van der Waals surface area contributed by atoms with E-state index in [1.165, 1.54) is 0 Å². The van der Waals surface area contributed by atoms with E-state index in [0.717, 1.165) is 31.5 Å². The summed E-state index contributed by atoms with van der Waals surface area (Å²) in [7, 11) is 0. The van der Waals surface area contributed by atoms with Crippen LogP contribution in [0.3, 0.4) is 0 Å². The largest absolute Gasteiger partial charge is 0.390 e. The van der Waals surface area contributed by atoms with Crippen LogP contribution >= 0.6 is 0 Å². The second-order valence-electron chi connectivity index (χ2n) is 5.59. The predicted octanol–water partition coefficient (Wildman–Crippen LogP) is 1.49. The van der Waals surface area contributed by atoms with Gasteiger partial charge in [-0.3, -0.25) is 4.68 Å². The van der Waals surface area contributed by atoms with Crippen LogP contribution in [0.4, 0.5) is 0 Å². The van der Waals surface area contributed by atoms with E-state index in [1.54, 1.807) is 0 Å². The highest BCUT2D eigenvalue weighted by Gasteiger charge is 2.39. The molecule has 0 unspecified atom stereocenters. The molecule has 1 fully saturated rings. The van der Waals surface area contributed by atoms with Crippen molar-refractivity contribution in [3.05, 3.63) is 11.9 Å². The van der Waals surface area contributed by atoms with E-state index in [9.17, 15) is 5.11 Å². The van der Waals surface area contributed by atoms with Gasteiger partial charge in [0.1, 0.15) is 0 Å². The van der Waals surface area contributed by atoms with Gasteiger partial charge in [0.25, 0.3) is 0 Å². The van der Waals surface area contributed by atoms with Crippen molar-refractivity contribution in [2.24, 2.45) is 0 Å². The van der Waals surface area contributed by atoms with Crippen molar-refractivity contribution in [3.8, 4) is 0 Å². The van der Waals surface area contributed by atoms with Crippen molar-refractivity contribution in [3.63, 3.8) is 0 Å². The van der Waals surface area contributed by atoms with Crippen LogP contribution < -0.4 is 0 Å². The number of aliphatic hydroxyl groups is 1. The van der Waals surface area contributed by atoms with Crippen molar-refractivity contribution >= 4 is 0 Å². The quantitative estimate of drug-likeness (QED) is 0.820. The van der Waals surface area contributed by atoms with Gasteiger partial charge in [0.15, 0.2) is 0 Å². The average molecular weight is 209 g/mol. The van der Waals surface area contributed by atoms with Gasteiger partial charge in [-0.2, -0.15) is 0 Å². The second kappa shape index (κ2) is 3.30. The van der Waals surface area contributed by atoms with Gasteiger partial charge in [0, 0.05) is 18.2 Å². The molecule has 0 aliphatic heterocycles. The number of hydrogen-bond acceptors (Lipinski definition) is 3. The van der Waals surface area contributed by atoms with Crippen molar-refractivity contribution in [2.45, 2.75) is 57.6 Å². The molecule has 1 heterocycles. The molecule has 0 bridgehead atoms. The predicted molar refractivity (Wildman–Crippen MR) is 57.5 cm³/mol. The Bertz CT molecular complexity index is 347. The molecule has 0 aromatic carbocycles. The number of aromatic nitrogens is 3. The van der Waals surface area contributed by atoms with Gasteiger partial charge in [-0.05, 0) is 19.3 Å². The van der Waals surface area contributed by atoms with Crippen LogP contribution in [0, 0.1) is 0 Å². The van der Waals surface area contributed by atoms with Gasteiger partial charge in [-0.15, -0.1) is 5.10 Å². The van der Waals surface area contributed by atoms with Gasteiger partial charge in [-0.25, -0.2) is 0 Å². The first-order valence-electron chi connectivity index (χ1n) is 5.52. The molecule has 0 amide bonds. The third kappa shape index (κ3) is 2.56. The number of rotatable bonds is 3. The highest BCUT2D eigenvalue weighted by atomic mass is 16.3. The zero-order valence-electron chi connectivity index (χ0n) is 9.69. The molecule has 1 aromatic rings. The van der Waals surface area contributed by atoms with Crippen molar-refractivity contribution in [1.29, 1.82) is 0 Å². The monoisotopic (exact) mass is 209 g/mol. The summed E-state index contributed by atoms with van der Waals surface area (Å²) in [6.07, 6.45) is 4.65. The Morgan fingerprint density at radius 2 is 2.13 bits per heavy atom. The summed E-state index contributed by atoms with van der Waals surface area (Å²) < 4.78 is 1.83. The first-order valence-corrected chi connectivity index (χ1v) is 5.52. The maximum Gasteiger partial charge on any atom is 0.0880 e. The Morgan fingerprint density at radius 3 is 2.60 bits per heavy atom. The van der Waals surface area contributed by atoms with Crippen molar-refractivity contribution in [1.82, 2.24) is 15.0 Å². The molecule has 0 saturated heterocycles. The molecule has 0 spiro atoms. The highest BCUT2D eigenvalue weighted by Crippen LogP contribution is 2.38. The maximum atomic E-state index is 9.70. The average Bonchev–Trinajstić information content (AvgIpc) is 2.66. The Hall–Kier alpha value is -0.900. The van der Waals surface area contributed by atoms with Crippen LogP contribution in [0.25, 0.3) is 0 Å². The van der Waals surface area contributed by atoms with E-state index >= 15 is 0 Å². The van der Waals surface area contributed by atoms with Crippen LogP contribution in [0.1, 0.15) is 45.7 Å². The fraction of sp³-hybridized carbons (Fsp3) is 0.818. The lowest BCUT2D eigenvalue weighted by molar-refractivity contribution is 0.132. The molecular formula is C11H19N3O. The van der Waals surface area contributed by atoms with Gasteiger partial charge < -0.3 is 5.11 Å². The molecule has 15 heavy (non-hydrogen) atoms. The molecule has 0 radical (unpaired) electrons. The topological polar surface area (TPSA) is 50.9 Å². The first-order chi connectivity index (χ1) is 6.89. The normalized spacial score (nSPS) is 19.2. The maximum absolute atomic E-state index is 9.70. The van der Waals surface area contributed by atoms with Crippen LogP contribution in [0.2, 0.25) is 0 Å². The van der Waals surface area contributed by atoms with E-state index in [2.05, 4.69) is 31.1 Å². The molecular weight excluding hydrogens is 190 g/mol. The third-order valence-corrected chi connectivity index (χ3v) is 2.94. The molecule has 4 nitrogen and oxygen atoms in total. The zero-order chi connectivity index (χ0) is 11.1. The number of nitrogens with zero attached hydrogens (tertiary/aromatic N) is 3. The molecule has 1 aliphatic carbocycles. The number of hydrogen-bond donors (Lipinski definition) is 1. The van der Waals surface area contributed by atoms with E-state index in [0.29, 0.717) is 0 Å². The minimum absolute atomic E-state index is 0.0503. The van der Waals surface area contributed by atoms with E-state index in [-0.39, 0.29) is 5.41 Å². The molecule has 1 aliphatic rings. The molecule has 2 rings (SSSR count). The molecule has 4 heteroatoms. The lowest BCUT2D eigenvalue weighted by atomic mass is 9.93. The Balaban J connectivity index is 1.95. The molecule has 1 aromatic heterocycles. The molecule has 1 N–H and O–H groups in total. The SMILES string of the molecule is CC(C)(C)c1cn(CCC2(O)CC2)nn1. The van der Waals surface area contributed by atoms with E-state index in [1.807, 2.05) is 10.9 Å². The van der Waals surface area contributed by atoms with Gasteiger partial charge in [0.2, 0.25) is 0 Å². The van der Waals surface area contributed by atoms with Crippen molar-refractivity contribution in [2.75, 3.05) is 0 Å². The van der Waals surface area contributed by atoms with Crippen molar-refractivity contribution < 1.29 is 5.11 Å². The fourth-order valence-corrected chi connectivity index (χ4v) is 1.47. The van der Waals surface area contributed by atoms with Gasteiger partial charge >= 0.3 is 0 Å². The highest BCUT2D eigenvalue weighted by molar-refractivity contribution is 5.06. The minimum atomic E-state index is -0.395. The first kappa shape index (κ1) is 10.6. The number of aryl methyl sites for hydroxylation is 1. The summed E-state index contributed by atoms with van der Waals surface area (Å²) in [5, 5.41) is 17.9. The summed E-state index contributed by atoms with van der Waals surface area (Å²) in [5.74, 6) is 0. The Morgan fingerprint density at radius 1 is 1.47 bits per heavy atom. The molecule has 84 valence electrons. The lowest BCUT2D eigenvalue weighted by Gasteiger charge is -2.13. The van der Waals surface area contributed by atoms with Crippen LogP contribution in [-0.4, -0.2) is 25.7 Å². The van der Waals surface area contributed by atoms with Crippen LogP contribution in [0.15, 0.2) is 6.20 Å². The van der Waals surface area contributed by atoms with Crippen LogP contribution in [-0.2, 0) is 12.0 Å². The summed E-state index contributed by atoms with van der Waals surface area (Å²) >= 11 is 0. The second-order valence-corrected chi connectivity index (χ2v) is 5.59. The Kier molecular flexibility index (Phi) is 2.34. The smallest absolute Gasteiger partial charge is 0.0880 e. The molecule has 1 saturated carbocycles.